The first-order chi connectivity index (χ1) is 8.37. The second-order valence-corrected chi connectivity index (χ2v) is 6.93. The van der Waals surface area contributed by atoms with Gasteiger partial charge in [-0.15, -0.1) is 0 Å². The minimum absolute atomic E-state index is 1.05. The van der Waals surface area contributed by atoms with Crippen LogP contribution in [0.25, 0.3) is 0 Å². The van der Waals surface area contributed by atoms with Gasteiger partial charge in [0.25, 0.3) is 15.1 Å². The van der Waals surface area contributed by atoms with E-state index in [2.05, 4.69) is 4.74 Å². The fourth-order valence-electron chi connectivity index (χ4n) is 1.63. The Morgan fingerprint density at radius 3 is 1.89 bits per heavy atom. The number of ether oxygens (including phenoxy) is 1. The Labute approximate surface area is 107 Å². The Kier molecular flexibility index (Phi) is 4.27. The normalized spacial score (nSPS) is 41.2. The minimum Gasteiger partial charge on any atom is -0.394 e. The van der Waals surface area contributed by atoms with Crippen molar-refractivity contribution in [1.29, 1.82) is 0 Å². The molecule has 0 radical (unpaired) electrons. The molecule has 0 aromatic carbocycles. The Morgan fingerprint density at radius 2 is 1.58 bits per heavy atom. The lowest BCUT2D eigenvalue weighted by atomic mass is 10.00. The standard InChI is InChI=1S/C6H12O11S2/c7-1-2-3(8)4(9)6(10,19(14,15)16)5(17-2)18(11,12)13/h2-5,7-10H,1H2,(H,11,12,13)(H,14,15,16)/t2-,3+,4+,5+,6+/m1/s1. The second-order valence-electron chi connectivity index (χ2n) is 3.87. The van der Waals surface area contributed by atoms with Crippen LogP contribution < -0.4 is 0 Å². The summed E-state index contributed by atoms with van der Waals surface area (Å²) >= 11 is 0. The molecule has 13 heteroatoms. The lowest BCUT2D eigenvalue weighted by Gasteiger charge is -2.44. The number of rotatable bonds is 3. The molecule has 0 aliphatic carbocycles. The topological polar surface area (TPSA) is 199 Å². The second kappa shape index (κ2) is 4.87. The van der Waals surface area contributed by atoms with E-state index in [9.17, 15) is 32.2 Å². The van der Waals surface area contributed by atoms with Crippen LogP contribution in [0.5, 0.6) is 0 Å². The summed E-state index contributed by atoms with van der Waals surface area (Å²) in [4.78, 5) is -3.91. The van der Waals surface area contributed by atoms with E-state index in [1.165, 1.54) is 0 Å². The van der Waals surface area contributed by atoms with Crippen LogP contribution in [0.4, 0.5) is 0 Å². The maximum Gasteiger partial charge on any atom is 0.301 e. The first-order valence-electron chi connectivity index (χ1n) is 4.65. The van der Waals surface area contributed by atoms with Crippen LogP contribution in [0.3, 0.4) is 0 Å². The Hall–Kier alpha value is -0.380. The fourth-order valence-corrected chi connectivity index (χ4v) is 3.96. The average molecular weight is 324 g/mol. The monoisotopic (exact) mass is 324 g/mol. The lowest BCUT2D eigenvalue weighted by molar-refractivity contribution is -0.226. The van der Waals surface area contributed by atoms with E-state index in [1.807, 2.05) is 0 Å². The smallest absolute Gasteiger partial charge is 0.301 e. The molecule has 5 atom stereocenters. The van der Waals surface area contributed by atoms with Crippen LogP contribution in [0, 0.1) is 0 Å². The summed E-state index contributed by atoms with van der Waals surface area (Å²) < 4.78 is 66.0. The highest BCUT2D eigenvalue weighted by molar-refractivity contribution is 7.90. The first-order valence-corrected chi connectivity index (χ1v) is 7.59. The number of hydrogen-bond donors (Lipinski definition) is 6. The molecular formula is C6H12O11S2. The van der Waals surface area contributed by atoms with Gasteiger partial charge in [0.05, 0.1) is 6.61 Å². The number of aliphatic hydroxyl groups is 4. The van der Waals surface area contributed by atoms with Gasteiger partial charge in [-0.1, -0.05) is 0 Å². The highest BCUT2D eigenvalue weighted by Gasteiger charge is 2.66. The van der Waals surface area contributed by atoms with E-state index in [1.54, 1.807) is 0 Å². The highest BCUT2D eigenvalue weighted by Crippen LogP contribution is 2.36. The molecule has 114 valence electrons. The summed E-state index contributed by atoms with van der Waals surface area (Å²) in [5.74, 6) is 0. The fraction of sp³-hybridized carbons (Fsp3) is 1.00. The van der Waals surface area contributed by atoms with Crippen molar-refractivity contribution in [2.24, 2.45) is 0 Å². The van der Waals surface area contributed by atoms with Crippen LogP contribution in [-0.4, -0.2) is 81.7 Å². The molecule has 1 heterocycles. The van der Waals surface area contributed by atoms with Crippen LogP contribution in [-0.2, 0) is 25.0 Å². The summed E-state index contributed by atoms with van der Waals surface area (Å²) in [7, 11) is -11.1. The third-order valence-electron chi connectivity index (χ3n) is 2.63. The molecule has 1 aliphatic heterocycles. The van der Waals surface area contributed by atoms with E-state index in [0.717, 1.165) is 0 Å². The van der Waals surface area contributed by atoms with Crippen molar-refractivity contribution in [2.75, 3.05) is 6.61 Å². The number of aliphatic hydroxyl groups excluding tert-OH is 3. The largest absolute Gasteiger partial charge is 0.394 e. The predicted molar refractivity (Wildman–Crippen MR) is 55.8 cm³/mol. The van der Waals surface area contributed by atoms with Crippen molar-refractivity contribution in [3.63, 3.8) is 0 Å². The van der Waals surface area contributed by atoms with Crippen molar-refractivity contribution in [3.8, 4) is 0 Å². The maximum atomic E-state index is 11.0. The molecule has 0 unspecified atom stereocenters. The van der Waals surface area contributed by atoms with Gasteiger partial charge in [-0.25, -0.2) is 0 Å². The molecule has 0 aromatic heterocycles. The van der Waals surface area contributed by atoms with Crippen LogP contribution in [0.2, 0.25) is 0 Å². The Morgan fingerprint density at radius 1 is 1.11 bits per heavy atom. The van der Waals surface area contributed by atoms with Crippen molar-refractivity contribution < 1.29 is 51.1 Å². The van der Waals surface area contributed by atoms with Gasteiger partial charge in [-0.3, -0.25) is 9.11 Å². The molecule has 11 nitrogen and oxygen atoms in total. The molecule has 0 saturated carbocycles. The molecular weight excluding hydrogens is 312 g/mol. The van der Waals surface area contributed by atoms with Crippen molar-refractivity contribution in [1.82, 2.24) is 0 Å². The molecule has 0 bridgehead atoms. The van der Waals surface area contributed by atoms with Gasteiger partial charge in [0.1, 0.15) is 18.3 Å². The molecule has 0 aromatic rings. The van der Waals surface area contributed by atoms with E-state index < -0.39 is 55.5 Å². The van der Waals surface area contributed by atoms with Crippen LogP contribution >= 0.6 is 0 Å². The van der Waals surface area contributed by atoms with E-state index >= 15 is 0 Å². The molecule has 19 heavy (non-hydrogen) atoms. The Bertz CT molecular complexity index is 538. The molecule has 1 aliphatic rings. The Balaban J connectivity index is 3.48. The molecule has 1 rings (SSSR count). The minimum atomic E-state index is -5.67. The summed E-state index contributed by atoms with van der Waals surface area (Å²) in [6, 6.07) is 0. The zero-order valence-electron chi connectivity index (χ0n) is 9.06. The quantitative estimate of drug-likeness (QED) is 0.275. The molecule has 1 fully saturated rings. The van der Waals surface area contributed by atoms with Crippen LogP contribution in [0.1, 0.15) is 0 Å². The summed E-state index contributed by atoms with van der Waals surface area (Å²) in [6.07, 6.45) is -6.78. The summed E-state index contributed by atoms with van der Waals surface area (Å²) in [6.45, 7) is -1.05. The third-order valence-corrected chi connectivity index (χ3v) is 5.07. The SMILES string of the molecule is O=S(=O)(O)[C@@H]1O[C@H](CO)[C@H](O)[C@H](O)[C@]1(O)S(=O)(=O)O. The zero-order chi connectivity index (χ0) is 15.2. The van der Waals surface area contributed by atoms with Crippen molar-refractivity contribution >= 4 is 20.2 Å². The van der Waals surface area contributed by atoms with Gasteiger partial charge in [0.15, 0.2) is 0 Å². The predicted octanol–water partition coefficient (Wildman–Crippen LogP) is -4.11. The first kappa shape index (κ1) is 16.7. The average Bonchev–Trinajstić information content (AvgIpc) is 2.23. The van der Waals surface area contributed by atoms with Gasteiger partial charge >= 0.3 is 10.1 Å². The van der Waals surface area contributed by atoms with Crippen molar-refractivity contribution in [2.45, 2.75) is 28.7 Å². The maximum absolute atomic E-state index is 11.0. The van der Waals surface area contributed by atoms with Gasteiger partial charge in [0, 0.05) is 0 Å². The summed E-state index contributed by atoms with van der Waals surface area (Å²) in [5.41, 5.74) is -3.01. The van der Waals surface area contributed by atoms with Crippen molar-refractivity contribution in [3.05, 3.63) is 0 Å². The third kappa shape index (κ3) is 2.61. The van der Waals surface area contributed by atoms with Gasteiger partial charge < -0.3 is 25.2 Å². The van der Waals surface area contributed by atoms with E-state index in [4.69, 9.17) is 14.2 Å². The number of hydrogen-bond acceptors (Lipinski definition) is 9. The molecule has 0 amide bonds. The van der Waals surface area contributed by atoms with Gasteiger partial charge in [0.2, 0.25) is 5.44 Å². The molecule has 6 N–H and O–H groups in total. The molecule has 0 spiro atoms. The zero-order valence-corrected chi connectivity index (χ0v) is 10.7. The van der Waals surface area contributed by atoms with Crippen LogP contribution in [0.15, 0.2) is 0 Å². The summed E-state index contributed by atoms with van der Waals surface area (Å²) in [5, 5.41) is 37.3. The van der Waals surface area contributed by atoms with E-state index in [0.29, 0.717) is 0 Å². The molecule has 1 saturated heterocycles. The van der Waals surface area contributed by atoms with Gasteiger partial charge in [-0.2, -0.15) is 16.8 Å². The van der Waals surface area contributed by atoms with Gasteiger partial charge in [-0.05, 0) is 0 Å². The lowest BCUT2D eigenvalue weighted by Crippen LogP contribution is -2.71. The highest BCUT2D eigenvalue weighted by atomic mass is 32.2. The van der Waals surface area contributed by atoms with E-state index in [-0.39, 0.29) is 0 Å².